The highest BCUT2D eigenvalue weighted by Crippen LogP contribution is 2.28. The van der Waals surface area contributed by atoms with E-state index in [9.17, 15) is 13.2 Å². The van der Waals surface area contributed by atoms with Crippen LogP contribution in [0.5, 0.6) is 0 Å². The fourth-order valence-corrected chi connectivity index (χ4v) is 4.21. The fraction of sp³-hybridized carbons (Fsp3) is 0.533. The lowest BCUT2D eigenvalue weighted by Gasteiger charge is -2.21. The monoisotopic (exact) mass is 310 g/mol. The number of carbonyl (C=O) groups excluding carboxylic acids is 1. The van der Waals surface area contributed by atoms with Crippen LogP contribution in [0.15, 0.2) is 24.3 Å². The molecule has 0 heterocycles. The second-order valence-corrected chi connectivity index (χ2v) is 8.09. The molecule has 0 bridgehead atoms. The summed E-state index contributed by atoms with van der Waals surface area (Å²) in [6.07, 6.45) is 3.74. The van der Waals surface area contributed by atoms with Gasteiger partial charge in [0.25, 0.3) is 5.91 Å². The van der Waals surface area contributed by atoms with Crippen molar-refractivity contribution in [3.05, 3.63) is 29.8 Å². The van der Waals surface area contributed by atoms with Crippen LogP contribution in [0, 0.1) is 0 Å². The Morgan fingerprint density at radius 3 is 2.62 bits per heavy atom. The molecule has 2 rings (SSSR count). The van der Waals surface area contributed by atoms with Crippen molar-refractivity contribution in [3.63, 3.8) is 0 Å². The lowest BCUT2D eigenvalue weighted by molar-refractivity contribution is 0.0827. The molecule has 0 aliphatic heterocycles. The Kier molecular flexibility index (Phi) is 4.56. The summed E-state index contributed by atoms with van der Waals surface area (Å²) in [6, 6.07) is 7.13. The van der Waals surface area contributed by atoms with Crippen molar-refractivity contribution in [1.82, 2.24) is 4.90 Å². The first kappa shape index (κ1) is 15.8. The molecule has 1 aromatic carbocycles. The third-order valence-electron chi connectivity index (χ3n) is 3.87. The first-order valence-corrected chi connectivity index (χ1v) is 9.01. The number of carbonyl (C=O) groups is 1. The van der Waals surface area contributed by atoms with Crippen LogP contribution in [0.1, 0.15) is 29.6 Å². The molecule has 1 aromatic rings. The summed E-state index contributed by atoms with van der Waals surface area (Å²) < 4.78 is 23.6. The zero-order chi connectivity index (χ0) is 15.6. The van der Waals surface area contributed by atoms with Gasteiger partial charge in [-0.05, 0) is 37.5 Å². The maximum absolute atomic E-state index is 12.0. The van der Waals surface area contributed by atoms with Crippen LogP contribution in [0.4, 0.5) is 5.69 Å². The molecule has 1 fully saturated rings. The van der Waals surface area contributed by atoms with E-state index in [1.54, 1.807) is 26.2 Å². The Bertz CT molecular complexity index is 626. The van der Waals surface area contributed by atoms with Crippen LogP contribution in [-0.4, -0.2) is 50.9 Å². The van der Waals surface area contributed by atoms with Crippen molar-refractivity contribution >= 4 is 21.4 Å². The molecule has 0 aromatic heterocycles. The van der Waals surface area contributed by atoms with Crippen LogP contribution in [0.25, 0.3) is 0 Å². The molecule has 2 atom stereocenters. The van der Waals surface area contributed by atoms with Gasteiger partial charge in [0, 0.05) is 37.6 Å². The third kappa shape index (κ3) is 3.75. The highest BCUT2D eigenvalue weighted by atomic mass is 32.2. The van der Waals surface area contributed by atoms with Gasteiger partial charge < -0.3 is 10.2 Å². The summed E-state index contributed by atoms with van der Waals surface area (Å²) in [7, 11) is 0.365. The van der Waals surface area contributed by atoms with Crippen LogP contribution in [0.2, 0.25) is 0 Å². The van der Waals surface area contributed by atoms with Crippen molar-refractivity contribution < 1.29 is 13.2 Å². The van der Waals surface area contributed by atoms with Gasteiger partial charge in [0.2, 0.25) is 0 Å². The second-order valence-electron chi connectivity index (χ2n) is 5.83. The summed E-state index contributed by atoms with van der Waals surface area (Å²) in [4.78, 5) is 13.5. The maximum atomic E-state index is 12.0. The number of sulfone groups is 1. The standard InChI is InChI=1S/C15H22N2O3S/c1-17(2)15(18)11-6-4-7-12(10-11)16-13-8-5-9-14(13)21(3,19)20/h4,6-7,10,13-14,16H,5,8-9H2,1-3H3. The highest BCUT2D eigenvalue weighted by molar-refractivity contribution is 7.91. The number of hydrogen-bond acceptors (Lipinski definition) is 4. The van der Waals surface area contributed by atoms with Crippen molar-refractivity contribution in [2.45, 2.75) is 30.6 Å². The second kappa shape index (κ2) is 6.05. The van der Waals surface area contributed by atoms with Crippen molar-refractivity contribution in [3.8, 4) is 0 Å². The number of benzene rings is 1. The molecule has 5 nitrogen and oxygen atoms in total. The largest absolute Gasteiger partial charge is 0.381 e. The molecule has 116 valence electrons. The minimum atomic E-state index is -3.05. The van der Waals surface area contributed by atoms with E-state index < -0.39 is 9.84 Å². The number of nitrogens with zero attached hydrogens (tertiary/aromatic N) is 1. The first-order valence-electron chi connectivity index (χ1n) is 7.06. The van der Waals surface area contributed by atoms with E-state index in [0.29, 0.717) is 12.0 Å². The third-order valence-corrected chi connectivity index (χ3v) is 5.53. The van der Waals surface area contributed by atoms with Gasteiger partial charge >= 0.3 is 0 Å². The van der Waals surface area contributed by atoms with E-state index in [0.717, 1.165) is 18.5 Å². The summed E-state index contributed by atoms with van der Waals surface area (Å²) in [5.74, 6) is -0.0651. The summed E-state index contributed by atoms with van der Waals surface area (Å²) >= 11 is 0. The quantitative estimate of drug-likeness (QED) is 0.920. The Morgan fingerprint density at radius 1 is 1.29 bits per heavy atom. The van der Waals surface area contributed by atoms with Crippen LogP contribution >= 0.6 is 0 Å². The average molecular weight is 310 g/mol. The van der Waals surface area contributed by atoms with Crippen LogP contribution in [-0.2, 0) is 9.84 Å². The van der Waals surface area contributed by atoms with Gasteiger partial charge in [0.15, 0.2) is 9.84 Å². The fourth-order valence-electron chi connectivity index (χ4n) is 2.82. The molecule has 1 amide bonds. The number of hydrogen-bond donors (Lipinski definition) is 1. The van der Waals surface area contributed by atoms with E-state index in [4.69, 9.17) is 0 Å². The topological polar surface area (TPSA) is 66.5 Å². The Labute approximate surface area is 126 Å². The van der Waals surface area contributed by atoms with Gasteiger partial charge in [-0.3, -0.25) is 4.79 Å². The Balaban J connectivity index is 2.17. The van der Waals surface area contributed by atoms with Crippen molar-refractivity contribution in [1.29, 1.82) is 0 Å². The number of amides is 1. The summed E-state index contributed by atoms with van der Waals surface area (Å²) in [5.41, 5.74) is 1.39. The Hall–Kier alpha value is -1.56. The highest BCUT2D eigenvalue weighted by Gasteiger charge is 2.34. The molecule has 1 aliphatic carbocycles. The van der Waals surface area contributed by atoms with Gasteiger partial charge in [-0.2, -0.15) is 0 Å². The van der Waals surface area contributed by atoms with Gasteiger partial charge in [-0.25, -0.2) is 8.42 Å². The van der Waals surface area contributed by atoms with Crippen molar-refractivity contribution in [2.75, 3.05) is 25.7 Å². The molecule has 1 N–H and O–H groups in total. The lowest BCUT2D eigenvalue weighted by Crippen LogP contribution is -2.34. The SMILES string of the molecule is CN(C)C(=O)c1cccc(NC2CCCC2S(C)(=O)=O)c1. The molecule has 21 heavy (non-hydrogen) atoms. The van der Waals surface area contributed by atoms with E-state index >= 15 is 0 Å². The summed E-state index contributed by atoms with van der Waals surface area (Å²) in [5, 5.41) is 2.94. The van der Waals surface area contributed by atoms with Gasteiger partial charge in [-0.15, -0.1) is 0 Å². The maximum Gasteiger partial charge on any atom is 0.253 e. The minimum absolute atomic E-state index is 0.0651. The molecule has 0 spiro atoms. The smallest absolute Gasteiger partial charge is 0.253 e. The van der Waals surface area contributed by atoms with E-state index in [-0.39, 0.29) is 17.2 Å². The first-order chi connectivity index (χ1) is 9.79. The summed E-state index contributed by atoms with van der Waals surface area (Å²) in [6.45, 7) is 0. The van der Waals surface area contributed by atoms with E-state index in [1.165, 1.54) is 11.2 Å². The molecule has 1 aliphatic rings. The lowest BCUT2D eigenvalue weighted by atomic mass is 10.1. The van der Waals surface area contributed by atoms with Crippen molar-refractivity contribution in [2.24, 2.45) is 0 Å². The van der Waals surface area contributed by atoms with Crippen LogP contribution in [0.3, 0.4) is 0 Å². The number of rotatable bonds is 4. The molecular weight excluding hydrogens is 288 g/mol. The number of nitrogens with one attached hydrogen (secondary N) is 1. The Morgan fingerprint density at radius 2 is 2.00 bits per heavy atom. The zero-order valence-electron chi connectivity index (χ0n) is 12.7. The van der Waals surface area contributed by atoms with Gasteiger partial charge in [-0.1, -0.05) is 6.07 Å². The predicted molar refractivity (Wildman–Crippen MR) is 84.4 cm³/mol. The number of anilines is 1. The van der Waals surface area contributed by atoms with Crippen LogP contribution < -0.4 is 5.32 Å². The predicted octanol–water partition coefficient (Wildman–Crippen LogP) is 1.77. The van der Waals surface area contributed by atoms with E-state index in [1.807, 2.05) is 12.1 Å². The normalized spacial score (nSPS) is 22.0. The molecule has 0 saturated heterocycles. The zero-order valence-corrected chi connectivity index (χ0v) is 13.5. The minimum Gasteiger partial charge on any atom is -0.381 e. The average Bonchev–Trinajstić information content (AvgIpc) is 2.86. The molecule has 1 saturated carbocycles. The molecular formula is C15H22N2O3S. The van der Waals surface area contributed by atoms with Gasteiger partial charge in [0.05, 0.1) is 5.25 Å². The van der Waals surface area contributed by atoms with Gasteiger partial charge in [0.1, 0.15) is 0 Å². The molecule has 2 unspecified atom stereocenters. The molecule has 6 heteroatoms. The van der Waals surface area contributed by atoms with E-state index in [2.05, 4.69) is 5.32 Å². The molecule has 0 radical (unpaired) electrons.